The largest absolute Gasteiger partial charge is 0.489 e. The van der Waals surface area contributed by atoms with Crippen molar-refractivity contribution in [2.75, 3.05) is 12.4 Å². The molecule has 2 rings (SSSR count). The Kier molecular flexibility index (Phi) is 4.35. The molecule has 4 heteroatoms. The fourth-order valence-electron chi connectivity index (χ4n) is 1.66. The molecular formula is C15H15N3O. The van der Waals surface area contributed by atoms with Gasteiger partial charge in [0.15, 0.2) is 0 Å². The molecule has 0 saturated carbocycles. The van der Waals surface area contributed by atoms with Crippen LogP contribution in [0.3, 0.4) is 0 Å². The molecule has 0 aliphatic heterocycles. The van der Waals surface area contributed by atoms with E-state index in [9.17, 15) is 0 Å². The van der Waals surface area contributed by atoms with E-state index in [0.29, 0.717) is 13.0 Å². The van der Waals surface area contributed by atoms with Gasteiger partial charge in [-0.05, 0) is 35.4 Å². The number of anilines is 1. The third kappa shape index (κ3) is 3.71. The molecule has 0 fully saturated rings. The molecule has 0 saturated heterocycles. The zero-order valence-electron chi connectivity index (χ0n) is 10.8. The number of hydrogen-bond acceptors (Lipinski definition) is 4. The Bertz CT molecular complexity index is 573. The van der Waals surface area contributed by atoms with Crippen molar-refractivity contribution in [1.29, 1.82) is 5.26 Å². The van der Waals surface area contributed by atoms with E-state index < -0.39 is 0 Å². The van der Waals surface area contributed by atoms with Crippen molar-refractivity contribution in [3.05, 3.63) is 53.7 Å². The molecule has 0 radical (unpaired) electrons. The molecule has 96 valence electrons. The predicted octanol–water partition coefficient (Wildman–Crippen LogP) is 2.77. The number of pyridine rings is 1. The molecule has 19 heavy (non-hydrogen) atoms. The van der Waals surface area contributed by atoms with E-state index in [-0.39, 0.29) is 0 Å². The van der Waals surface area contributed by atoms with Crippen molar-refractivity contribution in [2.24, 2.45) is 0 Å². The van der Waals surface area contributed by atoms with Crippen LogP contribution in [0.4, 0.5) is 5.82 Å². The number of rotatable bonds is 5. The molecule has 1 N–H and O–H groups in total. The van der Waals surface area contributed by atoms with Gasteiger partial charge in [0.25, 0.3) is 0 Å². The summed E-state index contributed by atoms with van der Waals surface area (Å²) in [6, 6.07) is 13.6. The Morgan fingerprint density at radius 2 is 2.00 bits per heavy atom. The molecule has 2 aromatic rings. The lowest BCUT2D eigenvalue weighted by Gasteiger charge is -2.07. The summed E-state index contributed by atoms with van der Waals surface area (Å²) in [4.78, 5) is 4.15. The molecule has 1 aromatic heterocycles. The molecule has 0 aliphatic carbocycles. The van der Waals surface area contributed by atoms with Gasteiger partial charge in [-0.1, -0.05) is 12.1 Å². The topological polar surface area (TPSA) is 57.9 Å². The van der Waals surface area contributed by atoms with Crippen molar-refractivity contribution < 1.29 is 4.74 Å². The number of hydrogen-bond donors (Lipinski definition) is 1. The summed E-state index contributed by atoms with van der Waals surface area (Å²) in [7, 11) is 1.83. The summed E-state index contributed by atoms with van der Waals surface area (Å²) in [5.74, 6) is 1.62. The molecule has 0 spiro atoms. The number of ether oxygens (including phenoxy) is 1. The smallest absolute Gasteiger partial charge is 0.126 e. The Morgan fingerprint density at radius 3 is 2.68 bits per heavy atom. The third-order valence-electron chi connectivity index (χ3n) is 2.69. The molecule has 0 aliphatic rings. The molecular weight excluding hydrogens is 238 g/mol. The van der Waals surface area contributed by atoms with Gasteiger partial charge >= 0.3 is 0 Å². The summed E-state index contributed by atoms with van der Waals surface area (Å²) in [5, 5.41) is 11.6. The number of nitriles is 1. The maximum atomic E-state index is 8.60. The molecule has 1 heterocycles. The van der Waals surface area contributed by atoms with Gasteiger partial charge in [0.1, 0.15) is 18.2 Å². The highest BCUT2D eigenvalue weighted by molar-refractivity contribution is 5.36. The van der Waals surface area contributed by atoms with Gasteiger partial charge in [0, 0.05) is 13.2 Å². The van der Waals surface area contributed by atoms with Crippen molar-refractivity contribution in [2.45, 2.75) is 13.0 Å². The van der Waals surface area contributed by atoms with Crippen LogP contribution >= 0.6 is 0 Å². The number of aromatic nitrogens is 1. The fraction of sp³-hybridized carbons (Fsp3) is 0.200. The van der Waals surface area contributed by atoms with Crippen LogP contribution in [0.1, 0.15) is 11.1 Å². The van der Waals surface area contributed by atoms with Gasteiger partial charge in [-0.15, -0.1) is 0 Å². The number of benzene rings is 1. The SMILES string of the molecule is CNc1cc(COc2ccc(CC#N)cc2)ccn1. The van der Waals surface area contributed by atoms with Crippen LogP contribution in [0.2, 0.25) is 0 Å². The number of nitrogens with zero attached hydrogens (tertiary/aromatic N) is 2. The van der Waals surface area contributed by atoms with Gasteiger partial charge in [0.05, 0.1) is 12.5 Å². The quantitative estimate of drug-likeness (QED) is 0.890. The summed E-state index contributed by atoms with van der Waals surface area (Å²) < 4.78 is 5.69. The summed E-state index contributed by atoms with van der Waals surface area (Å²) >= 11 is 0. The van der Waals surface area contributed by atoms with E-state index in [1.807, 2.05) is 43.4 Å². The maximum absolute atomic E-state index is 8.60. The minimum absolute atomic E-state index is 0.427. The molecule has 0 atom stereocenters. The van der Waals surface area contributed by atoms with Crippen LogP contribution in [-0.2, 0) is 13.0 Å². The van der Waals surface area contributed by atoms with Gasteiger partial charge in [-0.2, -0.15) is 5.26 Å². The molecule has 1 aromatic carbocycles. The molecule has 0 unspecified atom stereocenters. The van der Waals surface area contributed by atoms with Crippen LogP contribution in [0.25, 0.3) is 0 Å². The van der Waals surface area contributed by atoms with E-state index in [0.717, 1.165) is 22.7 Å². The average Bonchev–Trinajstić information content (AvgIpc) is 2.47. The first-order valence-electron chi connectivity index (χ1n) is 6.03. The first kappa shape index (κ1) is 12.9. The van der Waals surface area contributed by atoms with Crippen LogP contribution in [0.15, 0.2) is 42.6 Å². The standard InChI is InChI=1S/C15H15N3O/c1-17-15-10-13(7-9-18-15)11-19-14-4-2-12(3-5-14)6-8-16/h2-5,7,9-10H,6,11H2,1H3,(H,17,18). The molecule has 0 amide bonds. The van der Waals surface area contributed by atoms with Crippen molar-refractivity contribution in [3.8, 4) is 11.8 Å². The van der Waals surface area contributed by atoms with Crippen LogP contribution in [0, 0.1) is 11.3 Å². The van der Waals surface area contributed by atoms with Crippen LogP contribution in [-0.4, -0.2) is 12.0 Å². The first-order chi connectivity index (χ1) is 9.31. The van der Waals surface area contributed by atoms with Crippen LogP contribution in [0.5, 0.6) is 5.75 Å². The van der Waals surface area contributed by atoms with Gasteiger partial charge in [0.2, 0.25) is 0 Å². The average molecular weight is 253 g/mol. The van der Waals surface area contributed by atoms with Gasteiger partial charge in [-0.3, -0.25) is 0 Å². The van der Waals surface area contributed by atoms with E-state index >= 15 is 0 Å². The second kappa shape index (κ2) is 6.41. The van der Waals surface area contributed by atoms with Crippen LogP contribution < -0.4 is 10.1 Å². The minimum atomic E-state index is 0.427. The highest BCUT2D eigenvalue weighted by atomic mass is 16.5. The lowest BCUT2D eigenvalue weighted by molar-refractivity contribution is 0.306. The second-order valence-corrected chi connectivity index (χ2v) is 4.07. The fourth-order valence-corrected chi connectivity index (χ4v) is 1.66. The first-order valence-corrected chi connectivity index (χ1v) is 6.03. The van der Waals surface area contributed by atoms with E-state index in [1.54, 1.807) is 6.20 Å². The normalized spacial score (nSPS) is 9.68. The van der Waals surface area contributed by atoms with Crippen molar-refractivity contribution in [1.82, 2.24) is 4.98 Å². The van der Waals surface area contributed by atoms with E-state index in [2.05, 4.69) is 16.4 Å². The minimum Gasteiger partial charge on any atom is -0.489 e. The molecule has 0 bridgehead atoms. The van der Waals surface area contributed by atoms with E-state index in [4.69, 9.17) is 10.00 Å². The lowest BCUT2D eigenvalue weighted by Crippen LogP contribution is -1.98. The Morgan fingerprint density at radius 1 is 1.21 bits per heavy atom. The highest BCUT2D eigenvalue weighted by Gasteiger charge is 1.99. The second-order valence-electron chi connectivity index (χ2n) is 4.07. The monoisotopic (exact) mass is 253 g/mol. The number of nitrogens with one attached hydrogen (secondary N) is 1. The summed E-state index contributed by atoms with van der Waals surface area (Å²) in [6.07, 6.45) is 2.18. The zero-order chi connectivity index (χ0) is 13.5. The Balaban J connectivity index is 1.96. The predicted molar refractivity (Wildman–Crippen MR) is 73.9 cm³/mol. The van der Waals surface area contributed by atoms with E-state index in [1.165, 1.54) is 0 Å². The highest BCUT2D eigenvalue weighted by Crippen LogP contribution is 2.15. The zero-order valence-corrected chi connectivity index (χ0v) is 10.8. The summed E-state index contributed by atoms with van der Waals surface area (Å²) in [5.41, 5.74) is 2.05. The Labute approximate surface area is 112 Å². The van der Waals surface area contributed by atoms with Crippen molar-refractivity contribution >= 4 is 5.82 Å². The molecule has 4 nitrogen and oxygen atoms in total. The van der Waals surface area contributed by atoms with Crippen molar-refractivity contribution in [3.63, 3.8) is 0 Å². The Hall–Kier alpha value is -2.54. The maximum Gasteiger partial charge on any atom is 0.126 e. The lowest BCUT2D eigenvalue weighted by atomic mass is 10.2. The van der Waals surface area contributed by atoms with Gasteiger partial charge in [-0.25, -0.2) is 4.98 Å². The third-order valence-corrected chi connectivity index (χ3v) is 2.69. The van der Waals surface area contributed by atoms with Gasteiger partial charge < -0.3 is 10.1 Å². The summed E-state index contributed by atoms with van der Waals surface area (Å²) in [6.45, 7) is 0.495.